The minimum atomic E-state index is -0.149. The monoisotopic (exact) mass is 364 g/mol. The molecule has 0 saturated heterocycles. The Kier molecular flexibility index (Phi) is 4.08. The lowest BCUT2D eigenvalue weighted by atomic mass is 9.77. The third kappa shape index (κ3) is 2.70. The lowest BCUT2D eigenvalue weighted by molar-refractivity contribution is 0.171. The molecule has 2 aliphatic heterocycles. The van der Waals surface area contributed by atoms with Crippen molar-refractivity contribution in [2.45, 2.75) is 32.2 Å². The minimum Gasteiger partial charge on any atom is -0.454 e. The number of nitrogens with one attached hydrogen (secondary N) is 2. The summed E-state index contributed by atoms with van der Waals surface area (Å²) in [5.41, 5.74) is 2.08. The van der Waals surface area contributed by atoms with Gasteiger partial charge in [-0.3, -0.25) is 0 Å². The van der Waals surface area contributed by atoms with E-state index in [-0.39, 0.29) is 18.2 Å². The Morgan fingerprint density at radius 1 is 1.32 bits per heavy atom. The molecule has 0 radical (unpaired) electrons. The SMILES string of the molecule is CC(NC1=CNCC=C1)C(C)(C)c1c(Br)ccc2c1OCO2. The number of halogens is 1. The minimum absolute atomic E-state index is 0.149. The zero-order valence-electron chi connectivity index (χ0n) is 13.1. The van der Waals surface area contributed by atoms with E-state index in [0.29, 0.717) is 0 Å². The second kappa shape index (κ2) is 5.88. The summed E-state index contributed by atoms with van der Waals surface area (Å²) in [4.78, 5) is 0. The van der Waals surface area contributed by atoms with Gasteiger partial charge < -0.3 is 20.1 Å². The summed E-state index contributed by atoms with van der Waals surface area (Å²) in [5, 5.41) is 6.79. The van der Waals surface area contributed by atoms with Crippen molar-refractivity contribution in [1.29, 1.82) is 0 Å². The molecule has 0 aromatic heterocycles. The second-order valence-corrected chi connectivity index (χ2v) is 7.01. The molecule has 0 spiro atoms. The smallest absolute Gasteiger partial charge is 0.231 e. The molecule has 118 valence electrons. The maximum atomic E-state index is 5.72. The number of benzene rings is 1. The third-order valence-corrected chi connectivity index (χ3v) is 5.05. The molecule has 1 aromatic carbocycles. The first-order valence-electron chi connectivity index (χ1n) is 7.45. The normalized spacial score (nSPS) is 17.7. The van der Waals surface area contributed by atoms with E-state index in [2.05, 4.69) is 59.5 Å². The Labute approximate surface area is 139 Å². The van der Waals surface area contributed by atoms with Crippen LogP contribution in [0.2, 0.25) is 0 Å². The summed E-state index contributed by atoms with van der Waals surface area (Å²) in [6.07, 6.45) is 6.22. The van der Waals surface area contributed by atoms with Crippen molar-refractivity contribution in [3.63, 3.8) is 0 Å². The average Bonchev–Trinajstić information content (AvgIpc) is 2.96. The van der Waals surface area contributed by atoms with Crippen LogP contribution in [0.5, 0.6) is 11.5 Å². The fourth-order valence-corrected chi connectivity index (χ4v) is 3.58. The van der Waals surface area contributed by atoms with Crippen molar-refractivity contribution >= 4 is 15.9 Å². The number of ether oxygens (including phenoxy) is 2. The molecular weight excluding hydrogens is 344 g/mol. The van der Waals surface area contributed by atoms with Gasteiger partial charge in [0.2, 0.25) is 6.79 Å². The number of fused-ring (bicyclic) bond motifs is 1. The van der Waals surface area contributed by atoms with E-state index in [1.165, 1.54) is 0 Å². The zero-order chi connectivity index (χ0) is 15.7. The Balaban J connectivity index is 1.91. The van der Waals surface area contributed by atoms with Crippen LogP contribution in [0.25, 0.3) is 0 Å². The quantitative estimate of drug-likeness (QED) is 0.858. The van der Waals surface area contributed by atoms with Gasteiger partial charge in [-0.25, -0.2) is 0 Å². The Bertz CT molecular complexity index is 638. The van der Waals surface area contributed by atoms with Gasteiger partial charge in [0.25, 0.3) is 0 Å². The summed E-state index contributed by atoms with van der Waals surface area (Å²) in [6, 6.07) is 4.18. The molecule has 0 saturated carbocycles. The number of allylic oxidation sites excluding steroid dienone is 1. The van der Waals surface area contributed by atoms with E-state index in [1.807, 2.05) is 18.3 Å². The molecule has 5 heteroatoms. The third-order valence-electron chi connectivity index (χ3n) is 4.39. The topological polar surface area (TPSA) is 42.5 Å². The van der Waals surface area contributed by atoms with Crippen molar-refractivity contribution in [3.8, 4) is 11.5 Å². The van der Waals surface area contributed by atoms with E-state index >= 15 is 0 Å². The highest BCUT2D eigenvalue weighted by Gasteiger charge is 2.36. The van der Waals surface area contributed by atoms with Gasteiger partial charge in [0.15, 0.2) is 11.5 Å². The van der Waals surface area contributed by atoms with Gasteiger partial charge >= 0.3 is 0 Å². The fraction of sp³-hybridized carbons (Fsp3) is 0.412. The summed E-state index contributed by atoms with van der Waals surface area (Å²) < 4.78 is 12.3. The van der Waals surface area contributed by atoms with Crippen molar-refractivity contribution in [2.75, 3.05) is 13.3 Å². The Morgan fingerprint density at radius 2 is 2.14 bits per heavy atom. The van der Waals surface area contributed by atoms with Crippen LogP contribution in [-0.4, -0.2) is 19.4 Å². The molecule has 2 N–H and O–H groups in total. The molecular formula is C17H21BrN2O2. The van der Waals surface area contributed by atoms with E-state index < -0.39 is 0 Å². The average molecular weight is 365 g/mol. The highest BCUT2D eigenvalue weighted by molar-refractivity contribution is 9.10. The molecule has 3 rings (SSSR count). The van der Waals surface area contributed by atoms with Gasteiger partial charge in [0.05, 0.1) is 0 Å². The first kappa shape index (κ1) is 15.3. The van der Waals surface area contributed by atoms with Crippen LogP contribution >= 0.6 is 15.9 Å². The molecule has 0 amide bonds. The second-order valence-electron chi connectivity index (χ2n) is 6.15. The molecule has 2 heterocycles. The maximum Gasteiger partial charge on any atom is 0.231 e. The van der Waals surface area contributed by atoms with Crippen LogP contribution in [0.1, 0.15) is 26.3 Å². The van der Waals surface area contributed by atoms with Crippen LogP contribution < -0.4 is 20.1 Å². The number of rotatable bonds is 4. The van der Waals surface area contributed by atoms with Gasteiger partial charge in [-0.05, 0) is 25.1 Å². The fourth-order valence-electron chi connectivity index (χ4n) is 2.76. The van der Waals surface area contributed by atoms with E-state index in [4.69, 9.17) is 9.47 Å². The lowest BCUT2D eigenvalue weighted by Crippen LogP contribution is -2.43. The summed E-state index contributed by atoms with van der Waals surface area (Å²) in [6.45, 7) is 7.78. The molecule has 0 bridgehead atoms. The molecule has 4 nitrogen and oxygen atoms in total. The summed E-state index contributed by atoms with van der Waals surface area (Å²) in [7, 11) is 0. The zero-order valence-corrected chi connectivity index (χ0v) is 14.7. The summed E-state index contributed by atoms with van der Waals surface area (Å²) >= 11 is 3.67. The van der Waals surface area contributed by atoms with Crippen molar-refractivity contribution in [2.24, 2.45) is 0 Å². The van der Waals surface area contributed by atoms with Crippen LogP contribution in [0.15, 0.2) is 40.7 Å². The number of hydrogen-bond acceptors (Lipinski definition) is 4. The highest BCUT2D eigenvalue weighted by Crippen LogP contribution is 2.46. The molecule has 2 aliphatic rings. The molecule has 1 atom stereocenters. The van der Waals surface area contributed by atoms with Crippen LogP contribution in [0.3, 0.4) is 0 Å². The molecule has 22 heavy (non-hydrogen) atoms. The first-order chi connectivity index (χ1) is 10.5. The van der Waals surface area contributed by atoms with Crippen molar-refractivity contribution in [1.82, 2.24) is 10.6 Å². The molecule has 1 unspecified atom stereocenters. The van der Waals surface area contributed by atoms with E-state index in [1.54, 1.807) is 0 Å². The largest absolute Gasteiger partial charge is 0.454 e. The Hall–Kier alpha value is -1.62. The predicted octanol–water partition coefficient (Wildman–Crippen LogP) is 3.43. The lowest BCUT2D eigenvalue weighted by Gasteiger charge is -2.35. The van der Waals surface area contributed by atoms with Crippen molar-refractivity contribution < 1.29 is 9.47 Å². The predicted molar refractivity (Wildman–Crippen MR) is 91.1 cm³/mol. The molecule has 1 aromatic rings. The van der Waals surface area contributed by atoms with Gasteiger partial charge in [0.1, 0.15) is 0 Å². The maximum absolute atomic E-state index is 5.72. The summed E-state index contributed by atoms with van der Waals surface area (Å²) in [5.74, 6) is 1.66. The van der Waals surface area contributed by atoms with Crippen LogP contribution in [0, 0.1) is 0 Å². The van der Waals surface area contributed by atoms with Gasteiger partial charge in [-0.15, -0.1) is 0 Å². The van der Waals surface area contributed by atoms with Gasteiger partial charge in [-0.1, -0.05) is 35.9 Å². The number of hydrogen-bond donors (Lipinski definition) is 2. The van der Waals surface area contributed by atoms with E-state index in [9.17, 15) is 0 Å². The van der Waals surface area contributed by atoms with Gasteiger partial charge in [0, 0.05) is 39.9 Å². The van der Waals surface area contributed by atoms with Gasteiger partial charge in [-0.2, -0.15) is 0 Å². The van der Waals surface area contributed by atoms with Crippen LogP contribution in [0.4, 0.5) is 0 Å². The Morgan fingerprint density at radius 3 is 2.86 bits per heavy atom. The van der Waals surface area contributed by atoms with E-state index in [0.717, 1.165) is 33.8 Å². The molecule has 0 aliphatic carbocycles. The highest BCUT2D eigenvalue weighted by atomic mass is 79.9. The van der Waals surface area contributed by atoms with Crippen molar-refractivity contribution in [3.05, 3.63) is 46.2 Å². The molecule has 0 fully saturated rings. The standard InChI is InChI=1S/C17H21BrN2O2/c1-11(20-12-5-4-8-19-9-12)17(2,3)15-13(18)6-7-14-16(15)22-10-21-14/h4-7,9,11,19-20H,8,10H2,1-3H3. The number of dihydropyridines is 1. The first-order valence-corrected chi connectivity index (χ1v) is 8.24. The van der Waals surface area contributed by atoms with Crippen LogP contribution in [-0.2, 0) is 5.41 Å².